The smallest absolute Gasteiger partial charge is 0.341 e. The summed E-state index contributed by atoms with van der Waals surface area (Å²) in [5.41, 5.74) is 1.31. The molecule has 6 heteroatoms. The van der Waals surface area contributed by atoms with E-state index in [0.29, 0.717) is 12.3 Å². The minimum Gasteiger partial charge on any atom is -0.465 e. The highest BCUT2D eigenvalue weighted by molar-refractivity contribution is 9.10. The Balaban J connectivity index is 2.30. The number of carbonyl (C=O) groups is 2. The van der Waals surface area contributed by atoms with Gasteiger partial charge in [-0.05, 0) is 30.5 Å². The Labute approximate surface area is 138 Å². The first-order chi connectivity index (χ1) is 10.4. The fourth-order valence-electron chi connectivity index (χ4n) is 2.34. The number of esters is 1. The lowest BCUT2D eigenvalue weighted by Gasteiger charge is -2.30. The summed E-state index contributed by atoms with van der Waals surface area (Å²) in [6, 6.07) is 6.60. The summed E-state index contributed by atoms with van der Waals surface area (Å²) in [6.45, 7) is 5.98. The first kappa shape index (κ1) is 16.7. The van der Waals surface area contributed by atoms with E-state index in [0.717, 1.165) is 10.0 Å². The van der Waals surface area contributed by atoms with Crippen molar-refractivity contribution in [1.29, 1.82) is 0 Å². The van der Waals surface area contributed by atoms with E-state index in [-0.39, 0.29) is 11.9 Å². The third kappa shape index (κ3) is 3.94. The third-order valence-corrected chi connectivity index (χ3v) is 3.85. The van der Waals surface area contributed by atoms with E-state index >= 15 is 0 Å². The van der Waals surface area contributed by atoms with Gasteiger partial charge in [0, 0.05) is 10.2 Å². The normalized spacial score (nSPS) is 21.3. The van der Waals surface area contributed by atoms with E-state index in [1.54, 1.807) is 6.92 Å². The van der Waals surface area contributed by atoms with Crippen molar-refractivity contribution >= 4 is 33.6 Å². The molecule has 2 rings (SSSR count). The number of ether oxygens (including phenoxy) is 1. The molecule has 1 aliphatic rings. The fourth-order valence-corrected chi connectivity index (χ4v) is 2.76. The average Bonchev–Trinajstić information content (AvgIpc) is 2.44. The number of benzene rings is 1. The number of halogens is 1. The summed E-state index contributed by atoms with van der Waals surface area (Å²) in [4.78, 5) is 28.0. The van der Waals surface area contributed by atoms with E-state index in [2.05, 4.69) is 26.2 Å². The van der Waals surface area contributed by atoms with E-state index < -0.39 is 18.0 Å². The van der Waals surface area contributed by atoms with Crippen molar-refractivity contribution in [2.24, 2.45) is 16.8 Å². The topological polar surface area (TPSA) is 67.8 Å². The Bertz CT molecular complexity index is 613. The Morgan fingerprint density at radius 3 is 2.82 bits per heavy atom. The molecule has 2 unspecified atom stereocenters. The highest BCUT2D eigenvalue weighted by Gasteiger charge is 2.38. The lowest BCUT2D eigenvalue weighted by Crippen LogP contribution is -2.44. The summed E-state index contributed by atoms with van der Waals surface area (Å²) in [5, 5.41) is 2.76. The first-order valence-corrected chi connectivity index (χ1v) is 7.95. The lowest BCUT2D eigenvalue weighted by molar-refractivity contribution is -0.148. The zero-order valence-electron chi connectivity index (χ0n) is 12.8. The van der Waals surface area contributed by atoms with Gasteiger partial charge in [0.15, 0.2) is 0 Å². The molecule has 1 aromatic carbocycles. The van der Waals surface area contributed by atoms with Gasteiger partial charge < -0.3 is 10.1 Å². The number of amides is 2. The molecule has 2 amide bonds. The summed E-state index contributed by atoms with van der Waals surface area (Å²) < 4.78 is 6.23. The van der Waals surface area contributed by atoms with E-state index in [1.165, 1.54) is 0 Å². The SMILES string of the molecule is CC1=NC(=O)NC(c2cccc(Br)c2)C1C(=O)OCC(C)C. The van der Waals surface area contributed by atoms with Crippen LogP contribution in [0.2, 0.25) is 0 Å². The maximum Gasteiger partial charge on any atom is 0.341 e. The van der Waals surface area contributed by atoms with Gasteiger partial charge in [-0.3, -0.25) is 4.79 Å². The molecule has 0 fully saturated rings. The van der Waals surface area contributed by atoms with Crippen LogP contribution in [0.5, 0.6) is 0 Å². The van der Waals surface area contributed by atoms with Crippen molar-refractivity contribution in [3.8, 4) is 0 Å². The highest BCUT2D eigenvalue weighted by Crippen LogP contribution is 2.29. The summed E-state index contributed by atoms with van der Waals surface area (Å²) in [6.07, 6.45) is 0. The Morgan fingerprint density at radius 2 is 2.18 bits per heavy atom. The van der Waals surface area contributed by atoms with Crippen LogP contribution in [0.4, 0.5) is 4.79 Å². The van der Waals surface area contributed by atoms with E-state index in [9.17, 15) is 9.59 Å². The van der Waals surface area contributed by atoms with Gasteiger partial charge in [-0.25, -0.2) is 9.79 Å². The second-order valence-electron chi connectivity index (χ2n) is 5.74. The molecule has 0 spiro atoms. The lowest BCUT2D eigenvalue weighted by atomic mass is 9.88. The molecule has 22 heavy (non-hydrogen) atoms. The molecule has 1 aromatic rings. The van der Waals surface area contributed by atoms with Crippen LogP contribution in [0.3, 0.4) is 0 Å². The molecule has 0 radical (unpaired) electrons. The van der Waals surface area contributed by atoms with Crippen LogP contribution in [0, 0.1) is 11.8 Å². The monoisotopic (exact) mass is 366 g/mol. The Kier molecular flexibility index (Phi) is 5.34. The zero-order chi connectivity index (χ0) is 16.3. The van der Waals surface area contributed by atoms with Gasteiger partial charge in [-0.1, -0.05) is 41.9 Å². The molecule has 0 saturated carbocycles. The molecule has 5 nitrogen and oxygen atoms in total. The summed E-state index contributed by atoms with van der Waals surface area (Å²) in [7, 11) is 0. The number of rotatable bonds is 4. The van der Waals surface area contributed by atoms with Gasteiger partial charge in [0.25, 0.3) is 0 Å². The van der Waals surface area contributed by atoms with Crippen LogP contribution in [0.25, 0.3) is 0 Å². The van der Waals surface area contributed by atoms with Crippen LogP contribution in [0.1, 0.15) is 32.4 Å². The van der Waals surface area contributed by atoms with Crippen LogP contribution in [-0.2, 0) is 9.53 Å². The number of carbonyl (C=O) groups excluding carboxylic acids is 2. The van der Waals surface area contributed by atoms with E-state index in [4.69, 9.17) is 4.74 Å². The fraction of sp³-hybridized carbons (Fsp3) is 0.438. The highest BCUT2D eigenvalue weighted by atomic mass is 79.9. The maximum atomic E-state index is 12.4. The van der Waals surface area contributed by atoms with Crippen molar-refractivity contribution in [2.75, 3.05) is 6.61 Å². The third-order valence-electron chi connectivity index (χ3n) is 3.36. The van der Waals surface area contributed by atoms with Crippen LogP contribution >= 0.6 is 15.9 Å². The van der Waals surface area contributed by atoms with Gasteiger partial charge >= 0.3 is 12.0 Å². The standard InChI is InChI=1S/C16H19BrN2O3/c1-9(2)8-22-15(20)13-10(3)18-16(21)19-14(13)11-5-4-6-12(17)7-11/h4-7,9,13-14H,8H2,1-3H3,(H,19,21). The van der Waals surface area contributed by atoms with Crippen molar-refractivity contribution in [2.45, 2.75) is 26.8 Å². The number of nitrogens with one attached hydrogen (secondary N) is 1. The second kappa shape index (κ2) is 7.05. The molecule has 1 aliphatic heterocycles. The van der Waals surface area contributed by atoms with Gasteiger partial charge in [0.2, 0.25) is 0 Å². The van der Waals surface area contributed by atoms with Crippen molar-refractivity contribution < 1.29 is 14.3 Å². The molecule has 0 saturated heterocycles. The molecule has 0 aromatic heterocycles. The number of hydrogen-bond donors (Lipinski definition) is 1. The molecule has 0 aliphatic carbocycles. The second-order valence-corrected chi connectivity index (χ2v) is 6.65. The van der Waals surface area contributed by atoms with Crippen molar-refractivity contribution in [1.82, 2.24) is 5.32 Å². The predicted octanol–water partition coefficient (Wildman–Crippen LogP) is 3.49. The minimum absolute atomic E-state index is 0.253. The zero-order valence-corrected chi connectivity index (χ0v) is 14.4. The number of aliphatic imine (C=N–C) groups is 1. The summed E-state index contributed by atoms with van der Waals surface area (Å²) in [5.74, 6) is -0.714. The number of nitrogens with zero attached hydrogens (tertiary/aromatic N) is 1. The quantitative estimate of drug-likeness (QED) is 0.829. The summed E-state index contributed by atoms with van der Waals surface area (Å²) >= 11 is 3.41. The van der Waals surface area contributed by atoms with Crippen LogP contribution < -0.4 is 5.32 Å². The van der Waals surface area contributed by atoms with Gasteiger partial charge in [-0.2, -0.15) is 0 Å². The van der Waals surface area contributed by atoms with Gasteiger partial charge in [0.05, 0.1) is 12.6 Å². The Morgan fingerprint density at radius 1 is 1.45 bits per heavy atom. The molecular formula is C16H19BrN2O3. The Hall–Kier alpha value is -1.69. The molecule has 1 N–H and O–H groups in total. The molecule has 2 atom stereocenters. The molecular weight excluding hydrogens is 348 g/mol. The number of urea groups is 1. The predicted molar refractivity (Wildman–Crippen MR) is 87.8 cm³/mol. The van der Waals surface area contributed by atoms with Crippen LogP contribution in [0.15, 0.2) is 33.7 Å². The first-order valence-electron chi connectivity index (χ1n) is 7.16. The molecule has 118 valence electrons. The van der Waals surface area contributed by atoms with E-state index in [1.807, 2.05) is 38.1 Å². The van der Waals surface area contributed by atoms with Crippen molar-refractivity contribution in [3.05, 3.63) is 34.3 Å². The van der Waals surface area contributed by atoms with Gasteiger partial charge in [0.1, 0.15) is 5.92 Å². The maximum absolute atomic E-state index is 12.4. The van der Waals surface area contributed by atoms with Crippen molar-refractivity contribution in [3.63, 3.8) is 0 Å². The average molecular weight is 367 g/mol. The molecule has 1 heterocycles. The number of hydrogen-bond acceptors (Lipinski definition) is 3. The van der Waals surface area contributed by atoms with Crippen LogP contribution in [-0.4, -0.2) is 24.3 Å². The largest absolute Gasteiger partial charge is 0.465 e. The molecule has 0 bridgehead atoms. The van der Waals surface area contributed by atoms with Gasteiger partial charge in [-0.15, -0.1) is 0 Å². The minimum atomic E-state index is -0.606.